The molecule has 6 nitrogen and oxygen atoms in total. The highest BCUT2D eigenvalue weighted by Gasteiger charge is 2.20. The predicted octanol–water partition coefficient (Wildman–Crippen LogP) is 4.98. The Labute approximate surface area is 171 Å². The Morgan fingerprint density at radius 1 is 1.37 bits per heavy atom. The summed E-state index contributed by atoms with van der Waals surface area (Å²) in [7, 11) is 0. The summed E-state index contributed by atoms with van der Waals surface area (Å²) in [6, 6.07) is 3.61. The monoisotopic (exact) mass is 421 g/mol. The van der Waals surface area contributed by atoms with Gasteiger partial charge in [-0.1, -0.05) is 23.4 Å². The maximum absolute atomic E-state index is 12.3. The Bertz CT molecular complexity index is 967. The van der Waals surface area contributed by atoms with Crippen molar-refractivity contribution < 1.29 is 4.79 Å². The zero-order valence-corrected chi connectivity index (χ0v) is 17.9. The summed E-state index contributed by atoms with van der Waals surface area (Å²) in [5, 5.41) is 14.6. The molecular weight excluding hydrogens is 402 g/mol. The van der Waals surface area contributed by atoms with Crippen molar-refractivity contribution in [3.05, 3.63) is 39.3 Å². The maximum atomic E-state index is 12.3. The summed E-state index contributed by atoms with van der Waals surface area (Å²) in [4.78, 5) is 17.5. The molecule has 0 spiro atoms. The van der Waals surface area contributed by atoms with Gasteiger partial charge in [-0.15, -0.1) is 21.5 Å². The third kappa shape index (κ3) is 4.34. The Kier molecular flexibility index (Phi) is 6.18. The second-order valence-electron chi connectivity index (χ2n) is 6.28. The van der Waals surface area contributed by atoms with Crippen LogP contribution in [0, 0.1) is 13.8 Å². The van der Waals surface area contributed by atoms with E-state index in [1.54, 1.807) is 29.7 Å². The Morgan fingerprint density at radius 2 is 2.15 bits per heavy atom. The van der Waals surface area contributed by atoms with Crippen molar-refractivity contribution in [3.63, 3.8) is 0 Å². The zero-order valence-electron chi connectivity index (χ0n) is 15.5. The largest absolute Gasteiger partial charge is 0.323 e. The predicted molar refractivity (Wildman–Crippen MR) is 112 cm³/mol. The number of nitrogens with zero attached hydrogens (tertiary/aromatic N) is 4. The molecule has 1 N–H and O–H groups in total. The lowest BCUT2D eigenvalue weighted by atomic mass is 10.1. The minimum absolute atomic E-state index is 0.169. The van der Waals surface area contributed by atoms with Crippen LogP contribution in [0.5, 0.6) is 0 Å². The van der Waals surface area contributed by atoms with E-state index >= 15 is 0 Å². The topological polar surface area (TPSA) is 72.7 Å². The fourth-order valence-electron chi connectivity index (χ4n) is 2.55. The number of halogens is 1. The molecule has 142 valence electrons. The van der Waals surface area contributed by atoms with E-state index in [-0.39, 0.29) is 22.9 Å². The molecule has 0 bridgehead atoms. The highest BCUT2D eigenvalue weighted by Crippen LogP contribution is 2.33. The van der Waals surface area contributed by atoms with Gasteiger partial charge < -0.3 is 5.32 Å². The fraction of sp³-hybridized carbons (Fsp3) is 0.333. The van der Waals surface area contributed by atoms with E-state index in [0.29, 0.717) is 5.69 Å². The van der Waals surface area contributed by atoms with Crippen molar-refractivity contribution in [1.29, 1.82) is 0 Å². The van der Waals surface area contributed by atoms with E-state index in [1.165, 1.54) is 22.2 Å². The van der Waals surface area contributed by atoms with Crippen LogP contribution in [0.2, 0.25) is 5.15 Å². The van der Waals surface area contributed by atoms with Crippen molar-refractivity contribution in [1.82, 2.24) is 19.7 Å². The van der Waals surface area contributed by atoms with Crippen LogP contribution in [0.1, 0.15) is 30.3 Å². The molecule has 3 heterocycles. The molecule has 0 aliphatic heterocycles. The minimum atomic E-state index is -0.169. The first kappa shape index (κ1) is 19.9. The molecule has 3 aromatic rings. The molecule has 0 aliphatic rings. The van der Waals surface area contributed by atoms with E-state index in [9.17, 15) is 4.79 Å². The van der Waals surface area contributed by atoms with Gasteiger partial charge in [0.2, 0.25) is 5.91 Å². The number of carbonyl (C=O) groups excluding carboxylic acids is 1. The van der Waals surface area contributed by atoms with E-state index in [0.717, 1.165) is 16.5 Å². The normalized spacial score (nSPS) is 11.2. The number of aryl methyl sites for hydroxylation is 1. The number of pyridine rings is 1. The number of thiophene rings is 1. The summed E-state index contributed by atoms with van der Waals surface area (Å²) in [6.07, 6.45) is 1.58. The van der Waals surface area contributed by atoms with Crippen molar-refractivity contribution >= 4 is 46.3 Å². The molecule has 27 heavy (non-hydrogen) atoms. The smallest absolute Gasteiger partial charge is 0.234 e. The first-order valence-corrected chi connectivity index (χ1v) is 10.7. The SMILES string of the molecule is Cc1scc(-c2nnc(SCC(=O)Nc3cccnc3Cl)n2C(C)C)c1C. The third-order valence-corrected chi connectivity index (χ3v) is 6.33. The molecule has 3 rings (SSSR count). The van der Waals surface area contributed by atoms with Gasteiger partial charge in [0.25, 0.3) is 0 Å². The lowest BCUT2D eigenvalue weighted by molar-refractivity contribution is -0.113. The summed E-state index contributed by atoms with van der Waals surface area (Å²) < 4.78 is 2.07. The molecule has 0 atom stereocenters. The first-order valence-electron chi connectivity index (χ1n) is 8.41. The van der Waals surface area contributed by atoms with Crippen molar-refractivity contribution in [2.45, 2.75) is 38.9 Å². The van der Waals surface area contributed by atoms with Crippen LogP contribution in [-0.4, -0.2) is 31.4 Å². The van der Waals surface area contributed by atoms with E-state index in [4.69, 9.17) is 11.6 Å². The van der Waals surface area contributed by atoms with Crippen LogP contribution in [0.25, 0.3) is 11.4 Å². The lowest BCUT2D eigenvalue weighted by Crippen LogP contribution is -2.15. The number of rotatable bonds is 6. The van der Waals surface area contributed by atoms with Gasteiger partial charge in [-0.3, -0.25) is 9.36 Å². The first-order chi connectivity index (χ1) is 12.9. The minimum Gasteiger partial charge on any atom is -0.323 e. The summed E-state index contributed by atoms with van der Waals surface area (Å²) in [6.45, 7) is 8.36. The number of thioether (sulfide) groups is 1. The Hall–Kier alpha value is -1.90. The number of hydrogen-bond acceptors (Lipinski definition) is 6. The molecular formula is C18H20ClN5OS2. The number of nitrogens with one attached hydrogen (secondary N) is 1. The van der Waals surface area contributed by atoms with E-state index in [1.807, 2.05) is 0 Å². The van der Waals surface area contributed by atoms with Gasteiger partial charge in [0, 0.05) is 28.1 Å². The number of amides is 1. The fourth-order valence-corrected chi connectivity index (χ4v) is 4.45. The molecule has 0 aliphatic carbocycles. The molecule has 0 radical (unpaired) electrons. The maximum Gasteiger partial charge on any atom is 0.234 e. The van der Waals surface area contributed by atoms with Crippen LogP contribution < -0.4 is 5.32 Å². The van der Waals surface area contributed by atoms with Gasteiger partial charge in [-0.05, 0) is 45.4 Å². The van der Waals surface area contributed by atoms with Gasteiger partial charge in [0.15, 0.2) is 16.1 Å². The molecule has 1 amide bonds. The zero-order chi connectivity index (χ0) is 19.6. The molecule has 0 saturated heterocycles. The van der Waals surface area contributed by atoms with Gasteiger partial charge in [-0.2, -0.15) is 0 Å². The van der Waals surface area contributed by atoms with Crippen LogP contribution in [0.15, 0.2) is 28.9 Å². The Balaban J connectivity index is 1.76. The lowest BCUT2D eigenvalue weighted by Gasteiger charge is -2.13. The van der Waals surface area contributed by atoms with Crippen molar-refractivity contribution in [3.8, 4) is 11.4 Å². The van der Waals surface area contributed by atoms with Crippen LogP contribution in [0.4, 0.5) is 5.69 Å². The average Bonchev–Trinajstić information content (AvgIpc) is 3.19. The highest BCUT2D eigenvalue weighted by molar-refractivity contribution is 7.99. The summed E-state index contributed by atoms with van der Waals surface area (Å²) >= 11 is 9.04. The molecule has 0 saturated carbocycles. The standard InChI is InChI=1S/C18H20ClN5OS2/c1-10(2)24-17(13-8-26-12(4)11(13)3)22-23-18(24)27-9-15(25)21-14-6-5-7-20-16(14)19/h5-8,10H,9H2,1-4H3,(H,21,25). The van der Waals surface area contributed by atoms with Gasteiger partial charge >= 0.3 is 0 Å². The molecule has 0 aromatic carbocycles. The summed E-state index contributed by atoms with van der Waals surface area (Å²) in [5.74, 6) is 0.875. The van der Waals surface area contributed by atoms with Gasteiger partial charge in [-0.25, -0.2) is 4.98 Å². The summed E-state index contributed by atoms with van der Waals surface area (Å²) in [5.41, 5.74) is 2.81. The van der Waals surface area contributed by atoms with Crippen LogP contribution >= 0.6 is 34.7 Å². The van der Waals surface area contributed by atoms with E-state index < -0.39 is 0 Å². The van der Waals surface area contributed by atoms with Crippen LogP contribution in [0.3, 0.4) is 0 Å². The quantitative estimate of drug-likeness (QED) is 0.448. The van der Waals surface area contributed by atoms with Gasteiger partial charge in [0.05, 0.1) is 11.4 Å². The van der Waals surface area contributed by atoms with Crippen molar-refractivity contribution in [2.24, 2.45) is 0 Å². The van der Waals surface area contributed by atoms with Crippen molar-refractivity contribution in [2.75, 3.05) is 11.1 Å². The third-order valence-electron chi connectivity index (χ3n) is 4.07. The second kappa shape index (κ2) is 8.41. The molecule has 3 aromatic heterocycles. The van der Waals surface area contributed by atoms with Crippen LogP contribution in [-0.2, 0) is 4.79 Å². The van der Waals surface area contributed by atoms with Gasteiger partial charge in [0.1, 0.15) is 0 Å². The van der Waals surface area contributed by atoms with E-state index in [2.05, 4.69) is 58.1 Å². The molecule has 0 fully saturated rings. The number of hydrogen-bond donors (Lipinski definition) is 1. The number of aromatic nitrogens is 4. The number of anilines is 1. The number of carbonyl (C=O) groups is 1. The molecule has 0 unspecified atom stereocenters. The second-order valence-corrected chi connectivity index (χ2v) is 8.66. The average molecular weight is 422 g/mol. The highest BCUT2D eigenvalue weighted by atomic mass is 35.5. The molecule has 9 heteroatoms. The Morgan fingerprint density at radius 3 is 2.78 bits per heavy atom.